The molecule has 2 aromatic carbocycles. The molecule has 0 amide bonds. The molecule has 0 aliphatic heterocycles. The summed E-state index contributed by atoms with van der Waals surface area (Å²) in [4.78, 5) is 4.62. The van der Waals surface area contributed by atoms with Crippen LogP contribution in [0.3, 0.4) is 0 Å². The lowest BCUT2D eigenvalue weighted by molar-refractivity contribution is 0.863. The molecule has 0 aliphatic rings. The molecule has 0 atom stereocenters. The van der Waals surface area contributed by atoms with Gasteiger partial charge in [-0.25, -0.2) is 0 Å². The van der Waals surface area contributed by atoms with Crippen LogP contribution in [0.25, 0.3) is 0 Å². The molecule has 1 heterocycles. The van der Waals surface area contributed by atoms with Gasteiger partial charge in [0.1, 0.15) is 4.32 Å². The summed E-state index contributed by atoms with van der Waals surface area (Å²) in [5, 5.41) is 0. The molecule has 0 aliphatic carbocycles. The van der Waals surface area contributed by atoms with E-state index in [-0.39, 0.29) is 0 Å². The molecular formula is C20H18BrN. The van der Waals surface area contributed by atoms with E-state index < -0.39 is 4.32 Å². The molecule has 0 bridgehead atoms. The predicted octanol–water partition coefficient (Wildman–Crippen LogP) is 5.39. The zero-order chi connectivity index (χ0) is 15.6. The standard InChI is InChI=1S/C20H18BrN/c1-15-7-5-9-17(13-15)20(21,19-11-3-4-12-22-19)18-10-6-8-16(2)14-18/h3-14H,1-2H3. The first-order valence-corrected chi connectivity index (χ1v) is 8.15. The summed E-state index contributed by atoms with van der Waals surface area (Å²) in [7, 11) is 0. The fourth-order valence-electron chi connectivity index (χ4n) is 2.75. The van der Waals surface area contributed by atoms with Crippen LogP contribution >= 0.6 is 15.9 Å². The Bertz CT molecular complexity index is 735. The van der Waals surface area contributed by atoms with Crippen molar-refractivity contribution in [3.63, 3.8) is 0 Å². The molecule has 0 spiro atoms. The maximum atomic E-state index is 4.62. The van der Waals surface area contributed by atoms with Crippen LogP contribution in [-0.4, -0.2) is 4.98 Å². The van der Waals surface area contributed by atoms with Crippen molar-refractivity contribution in [2.45, 2.75) is 18.2 Å². The average Bonchev–Trinajstić information content (AvgIpc) is 2.55. The Balaban J connectivity index is 2.27. The molecule has 1 nitrogen and oxygen atoms in total. The number of hydrogen-bond donors (Lipinski definition) is 0. The quantitative estimate of drug-likeness (QED) is 0.576. The molecule has 3 aromatic rings. The second kappa shape index (κ2) is 6.05. The van der Waals surface area contributed by atoms with Crippen LogP contribution < -0.4 is 0 Å². The number of nitrogens with zero attached hydrogens (tertiary/aromatic N) is 1. The lowest BCUT2D eigenvalue weighted by atomic mass is 9.86. The van der Waals surface area contributed by atoms with Gasteiger partial charge in [-0.05, 0) is 37.1 Å². The van der Waals surface area contributed by atoms with Gasteiger partial charge < -0.3 is 0 Å². The van der Waals surface area contributed by atoms with Crippen LogP contribution in [0.2, 0.25) is 0 Å². The highest BCUT2D eigenvalue weighted by Crippen LogP contribution is 2.44. The van der Waals surface area contributed by atoms with E-state index in [2.05, 4.69) is 89.4 Å². The topological polar surface area (TPSA) is 12.9 Å². The van der Waals surface area contributed by atoms with Gasteiger partial charge in [-0.2, -0.15) is 0 Å². The summed E-state index contributed by atoms with van der Waals surface area (Å²) >= 11 is 4.02. The molecule has 22 heavy (non-hydrogen) atoms. The van der Waals surface area contributed by atoms with E-state index in [1.54, 1.807) is 0 Å². The van der Waals surface area contributed by atoms with Gasteiger partial charge in [0.05, 0.1) is 5.69 Å². The van der Waals surface area contributed by atoms with E-state index >= 15 is 0 Å². The zero-order valence-corrected chi connectivity index (χ0v) is 14.3. The Morgan fingerprint density at radius 3 is 1.82 bits per heavy atom. The SMILES string of the molecule is Cc1cccc(C(Br)(c2cccc(C)c2)c2ccccn2)c1. The van der Waals surface area contributed by atoms with E-state index in [4.69, 9.17) is 0 Å². The fourth-order valence-corrected chi connectivity index (χ4v) is 3.48. The molecule has 2 heteroatoms. The second-order valence-corrected chi connectivity index (χ2v) is 6.80. The minimum absolute atomic E-state index is 0.438. The molecule has 0 fully saturated rings. The van der Waals surface area contributed by atoms with Crippen LogP contribution in [0.15, 0.2) is 72.9 Å². The summed E-state index contributed by atoms with van der Waals surface area (Å²) in [6.07, 6.45) is 1.84. The van der Waals surface area contributed by atoms with E-state index in [0.717, 1.165) is 5.69 Å². The molecule has 1 aromatic heterocycles. The number of hydrogen-bond acceptors (Lipinski definition) is 1. The first-order valence-electron chi connectivity index (χ1n) is 7.35. The second-order valence-electron chi connectivity index (χ2n) is 5.61. The Labute approximate surface area is 140 Å². The molecular weight excluding hydrogens is 334 g/mol. The summed E-state index contributed by atoms with van der Waals surface area (Å²) in [6.45, 7) is 4.23. The lowest BCUT2D eigenvalue weighted by Crippen LogP contribution is -2.23. The van der Waals surface area contributed by atoms with E-state index in [9.17, 15) is 0 Å². The third-order valence-corrected chi connectivity index (χ3v) is 5.17. The van der Waals surface area contributed by atoms with Crippen molar-refractivity contribution >= 4 is 15.9 Å². The van der Waals surface area contributed by atoms with E-state index in [1.165, 1.54) is 22.3 Å². The van der Waals surface area contributed by atoms with Gasteiger partial charge in [0.15, 0.2) is 0 Å². The van der Waals surface area contributed by atoms with Crippen LogP contribution in [-0.2, 0) is 4.32 Å². The molecule has 0 N–H and O–H groups in total. The van der Waals surface area contributed by atoms with Gasteiger partial charge in [-0.1, -0.05) is 81.7 Å². The Kier molecular flexibility index (Phi) is 4.12. The molecule has 0 unspecified atom stereocenters. The summed E-state index contributed by atoms with van der Waals surface area (Å²) < 4.78 is -0.438. The number of rotatable bonds is 3. The lowest BCUT2D eigenvalue weighted by Gasteiger charge is -2.29. The molecule has 110 valence electrons. The largest absolute Gasteiger partial charge is 0.259 e. The van der Waals surface area contributed by atoms with E-state index in [1.807, 2.05) is 18.3 Å². The number of pyridine rings is 1. The molecule has 0 saturated carbocycles. The highest BCUT2D eigenvalue weighted by atomic mass is 79.9. The number of alkyl halides is 1. The fraction of sp³-hybridized carbons (Fsp3) is 0.150. The van der Waals surface area contributed by atoms with Crippen LogP contribution in [0, 0.1) is 13.8 Å². The Hall–Kier alpha value is -1.93. The average molecular weight is 352 g/mol. The molecule has 0 saturated heterocycles. The van der Waals surface area contributed by atoms with Crippen molar-refractivity contribution in [2.75, 3.05) is 0 Å². The highest BCUT2D eigenvalue weighted by molar-refractivity contribution is 9.10. The first-order chi connectivity index (χ1) is 10.6. The van der Waals surface area contributed by atoms with Crippen molar-refractivity contribution in [3.05, 3.63) is 101 Å². The van der Waals surface area contributed by atoms with Crippen LogP contribution in [0.5, 0.6) is 0 Å². The number of aryl methyl sites for hydroxylation is 2. The Morgan fingerprint density at radius 2 is 1.36 bits per heavy atom. The van der Waals surface area contributed by atoms with Gasteiger partial charge in [0, 0.05) is 6.20 Å². The normalized spacial score (nSPS) is 11.4. The summed E-state index contributed by atoms with van der Waals surface area (Å²) in [5.74, 6) is 0. The first kappa shape index (κ1) is 15.0. The van der Waals surface area contributed by atoms with Crippen molar-refractivity contribution < 1.29 is 0 Å². The minimum Gasteiger partial charge on any atom is -0.259 e. The summed E-state index contributed by atoms with van der Waals surface area (Å²) in [5.41, 5.74) is 5.86. The maximum absolute atomic E-state index is 4.62. The van der Waals surface area contributed by atoms with Gasteiger partial charge in [-0.3, -0.25) is 4.98 Å². The van der Waals surface area contributed by atoms with Gasteiger partial charge in [0.25, 0.3) is 0 Å². The smallest absolute Gasteiger partial charge is 0.117 e. The molecule has 3 rings (SSSR count). The van der Waals surface area contributed by atoms with Gasteiger partial charge in [-0.15, -0.1) is 0 Å². The molecule has 0 radical (unpaired) electrons. The van der Waals surface area contributed by atoms with Crippen LogP contribution in [0.4, 0.5) is 0 Å². The highest BCUT2D eigenvalue weighted by Gasteiger charge is 2.34. The summed E-state index contributed by atoms with van der Waals surface area (Å²) in [6, 6.07) is 23.2. The predicted molar refractivity (Wildman–Crippen MR) is 95.4 cm³/mol. The monoisotopic (exact) mass is 351 g/mol. The number of halogens is 1. The Morgan fingerprint density at radius 1 is 0.773 bits per heavy atom. The van der Waals surface area contributed by atoms with Crippen molar-refractivity contribution in [1.29, 1.82) is 0 Å². The van der Waals surface area contributed by atoms with Gasteiger partial charge in [0.2, 0.25) is 0 Å². The van der Waals surface area contributed by atoms with E-state index in [0.29, 0.717) is 0 Å². The van der Waals surface area contributed by atoms with Crippen molar-refractivity contribution in [2.24, 2.45) is 0 Å². The number of aromatic nitrogens is 1. The minimum atomic E-state index is -0.438. The van der Waals surface area contributed by atoms with Gasteiger partial charge >= 0.3 is 0 Å². The zero-order valence-electron chi connectivity index (χ0n) is 12.8. The number of benzene rings is 2. The maximum Gasteiger partial charge on any atom is 0.117 e. The van der Waals surface area contributed by atoms with Crippen molar-refractivity contribution in [1.82, 2.24) is 4.98 Å². The van der Waals surface area contributed by atoms with Crippen molar-refractivity contribution in [3.8, 4) is 0 Å². The third-order valence-electron chi connectivity index (χ3n) is 3.85. The van der Waals surface area contributed by atoms with Crippen LogP contribution in [0.1, 0.15) is 27.9 Å². The third kappa shape index (κ3) is 2.71.